The lowest BCUT2D eigenvalue weighted by molar-refractivity contribution is -0.0644. The number of nitrogen functional groups attached to an aromatic ring is 3. The highest BCUT2D eigenvalue weighted by Gasteiger charge is 2.53. The molecular weight excluding hydrogens is 1000 g/mol. The number of aliphatic hydroxyl groups is 4. The van der Waals surface area contributed by atoms with Gasteiger partial charge in [-0.25, -0.2) is 58.6 Å². The fourth-order valence-electron chi connectivity index (χ4n) is 8.07. The fourth-order valence-corrected chi connectivity index (χ4v) is 10.3. The molecule has 0 amide bonds. The van der Waals surface area contributed by atoms with Crippen LogP contribution in [0.15, 0.2) is 19.0 Å². The van der Waals surface area contributed by atoms with Gasteiger partial charge in [-0.05, 0) is 20.8 Å². The number of aryl methyl sites for hydroxylation is 3. The number of rotatable bonds is 16. The van der Waals surface area contributed by atoms with Gasteiger partial charge < -0.3 is 71.4 Å². The van der Waals surface area contributed by atoms with E-state index in [9.17, 15) is 53.7 Å². The van der Waals surface area contributed by atoms with Gasteiger partial charge in [0.05, 0.1) is 38.8 Å². The van der Waals surface area contributed by atoms with Crippen molar-refractivity contribution in [1.82, 2.24) is 58.6 Å². The Balaban J connectivity index is 0.933. The fraction of sp³-hybridized carbons (Fsp3) is 0.545. The van der Waals surface area contributed by atoms with Crippen molar-refractivity contribution in [2.75, 3.05) is 37.0 Å². The molecule has 0 aromatic carbocycles. The van der Waals surface area contributed by atoms with Crippen molar-refractivity contribution in [3.63, 3.8) is 0 Å². The quantitative estimate of drug-likeness (QED) is 0.0444. The minimum atomic E-state index is -5.44. The zero-order valence-corrected chi connectivity index (χ0v) is 39.0. The Morgan fingerprint density at radius 2 is 0.843 bits per heavy atom. The van der Waals surface area contributed by atoms with E-state index in [0.717, 1.165) is 21.8 Å². The van der Waals surface area contributed by atoms with E-state index in [0.29, 0.717) is 0 Å². The zero-order chi connectivity index (χ0) is 50.4. The molecule has 0 radical (unpaired) electrons. The van der Waals surface area contributed by atoms with Crippen molar-refractivity contribution in [2.45, 2.75) is 94.4 Å². The number of aromatic nitrogens is 12. The van der Waals surface area contributed by atoms with Crippen molar-refractivity contribution in [3.8, 4) is 0 Å². The Kier molecular flexibility index (Phi) is 13.3. The van der Waals surface area contributed by atoms with Crippen molar-refractivity contribution in [2.24, 2.45) is 0 Å². The summed E-state index contributed by atoms with van der Waals surface area (Å²) in [4.78, 5) is 78.3. The first-order valence-electron chi connectivity index (χ1n) is 20.5. The lowest BCUT2D eigenvalue weighted by atomic mass is 10.1. The predicted molar refractivity (Wildman–Crippen MR) is 228 cm³/mol. The highest BCUT2D eigenvalue weighted by Crippen LogP contribution is 2.53. The predicted octanol–water partition coefficient (Wildman–Crippen LogP) is -2.57. The molecule has 2 unspecified atom stereocenters. The number of aliphatic hydroxyl groups excluding tert-OH is 4. The van der Waals surface area contributed by atoms with Gasteiger partial charge >= 0.3 is 23.5 Å². The molecule has 6 aromatic rings. The number of imidazole rings is 3. The average Bonchev–Trinajstić information content (AvgIpc) is 4.13. The van der Waals surface area contributed by atoms with E-state index in [-0.39, 0.29) is 68.4 Å². The largest absolute Gasteiger partial charge is 0.472 e. The summed E-state index contributed by atoms with van der Waals surface area (Å²) in [6.45, 7) is 1.71. The first-order valence-corrected chi connectivity index (χ1v) is 25.0. The van der Waals surface area contributed by atoms with Crippen LogP contribution in [0.5, 0.6) is 0 Å². The van der Waals surface area contributed by atoms with Crippen LogP contribution in [-0.4, -0.2) is 173 Å². The first kappa shape index (κ1) is 50.1. The third-order valence-corrected chi connectivity index (χ3v) is 13.6. The van der Waals surface area contributed by atoms with Crippen LogP contribution in [0.2, 0.25) is 0 Å². The summed E-state index contributed by atoms with van der Waals surface area (Å²) in [7, 11) is -15.9. The summed E-state index contributed by atoms with van der Waals surface area (Å²) in [5, 5.41) is 44.8. The van der Waals surface area contributed by atoms with Crippen LogP contribution in [0.1, 0.15) is 36.2 Å². The second-order valence-corrected chi connectivity index (χ2v) is 20.1. The van der Waals surface area contributed by atoms with Crippen LogP contribution in [0.25, 0.3) is 33.5 Å². The highest BCUT2D eigenvalue weighted by molar-refractivity contribution is 7.47. The van der Waals surface area contributed by atoms with Crippen molar-refractivity contribution in [3.05, 3.63) is 36.5 Å². The molecule has 0 spiro atoms. The van der Waals surface area contributed by atoms with E-state index in [1.165, 1.54) is 24.7 Å². The van der Waals surface area contributed by atoms with Gasteiger partial charge in [0, 0.05) is 0 Å². The molecule has 9 rings (SSSR count). The number of hydrogen-bond donors (Lipinski definition) is 11. The van der Waals surface area contributed by atoms with Crippen molar-refractivity contribution in [1.29, 1.82) is 0 Å². The second-order valence-electron chi connectivity index (χ2n) is 16.1. The van der Waals surface area contributed by atoms with Gasteiger partial charge in [-0.1, -0.05) is 0 Å². The molecule has 3 aliphatic rings. The molecule has 14 atom stereocenters. The lowest BCUT2D eigenvalue weighted by Crippen LogP contribution is -2.37. The molecular formula is C33H44N15O19P3. The molecule has 3 fully saturated rings. The van der Waals surface area contributed by atoms with Crippen LogP contribution >= 0.6 is 23.5 Å². The van der Waals surface area contributed by atoms with E-state index in [4.69, 9.17) is 49.5 Å². The molecule has 0 saturated carbocycles. The molecule has 70 heavy (non-hydrogen) atoms. The van der Waals surface area contributed by atoms with Gasteiger partial charge in [-0.3, -0.25) is 36.3 Å². The number of nitrogens with zero attached hydrogens (tertiary/aromatic N) is 12. The summed E-state index contributed by atoms with van der Waals surface area (Å²) < 4.78 is 86.1. The van der Waals surface area contributed by atoms with Crippen molar-refractivity contribution < 1.29 is 90.5 Å². The standard InChI is InChI=1S/C33H44N15O19P3/c1-10-40-25(34)16-28(43-10)46(7-37-16)31-22(52)19(49)13(63-31)5-61-69(56,57)67-24-21(51)15(65-33(24)48-9-39-18-27(36)42-12(3)45-30(18)48)6-62-70(58,59)66-23-20(50)14(4-60-68(53,54)55)64-32(23)47-8-38-17-26(35)41-11(2)44-29(17)47/h7-9,13-15,19-24,31-33,49-52H,4-6H2,1-3H3,(H,56,57)(H,58,59)(H2,34,40,43)(H2,35,41,44)(H2,36,42,45)(H2,53,54,55)/t13-,14-,15-,19-,20-,21-,22-,23-,24-,31-,32-,33-/m1/s1. The topological polar surface area (TPSA) is 496 Å². The molecule has 0 aliphatic carbocycles. The molecule has 14 N–H and O–H groups in total. The third-order valence-electron chi connectivity index (χ3n) is 11.2. The Morgan fingerprint density at radius 3 is 1.21 bits per heavy atom. The number of hydrogen-bond acceptors (Lipinski definition) is 27. The summed E-state index contributed by atoms with van der Waals surface area (Å²) in [5.41, 5.74) is 18.5. The summed E-state index contributed by atoms with van der Waals surface area (Å²) >= 11 is 0. The van der Waals surface area contributed by atoms with Crippen LogP contribution in [0.4, 0.5) is 17.5 Å². The first-order chi connectivity index (χ1) is 32.9. The third kappa shape index (κ3) is 9.74. The molecule has 3 aliphatic heterocycles. The van der Waals surface area contributed by atoms with Gasteiger partial charge in [0.2, 0.25) is 0 Å². The lowest BCUT2D eigenvalue weighted by Gasteiger charge is -2.25. The summed E-state index contributed by atoms with van der Waals surface area (Å²) in [6.07, 6.45) is -17.0. The molecule has 0 bridgehead atoms. The zero-order valence-electron chi connectivity index (χ0n) is 36.3. The Bertz CT molecular complexity index is 3100. The number of nitrogens with two attached hydrogens (primary N) is 3. The number of anilines is 3. The Morgan fingerprint density at radius 1 is 0.514 bits per heavy atom. The van der Waals surface area contributed by atoms with Gasteiger partial charge in [0.1, 0.15) is 89.0 Å². The maximum atomic E-state index is 13.7. The van der Waals surface area contributed by atoms with E-state index in [1.54, 1.807) is 6.92 Å². The maximum absolute atomic E-state index is 13.7. The maximum Gasteiger partial charge on any atom is 0.472 e. The Hall–Kier alpha value is -4.90. The number of phosphoric acid groups is 3. The minimum absolute atomic E-state index is 0.00762. The molecule has 380 valence electrons. The summed E-state index contributed by atoms with van der Waals surface area (Å²) in [5.74, 6) is 0.510. The number of phosphoric ester groups is 3. The van der Waals surface area contributed by atoms with Gasteiger partial charge in [-0.2, -0.15) is 0 Å². The molecule has 3 saturated heterocycles. The van der Waals surface area contributed by atoms with Gasteiger partial charge in [0.25, 0.3) is 0 Å². The van der Waals surface area contributed by atoms with Crippen LogP contribution < -0.4 is 17.2 Å². The average molecular weight is 1050 g/mol. The van der Waals surface area contributed by atoms with Crippen LogP contribution in [0.3, 0.4) is 0 Å². The van der Waals surface area contributed by atoms with Crippen LogP contribution in [-0.2, 0) is 50.5 Å². The van der Waals surface area contributed by atoms with Crippen LogP contribution in [0, 0.1) is 20.8 Å². The SMILES string of the molecule is Cc1nc(N)c2ncn([C@@H]3O[C@H](COP(=O)(O)O[C@@H]4[C@H](O)[C@@H](COP(=O)(O)O[C@@H]5[C@H](O)[C@@H](COP(=O)(O)O)O[C@H]5n5cnc6c(N)nc(C)nc65)O[C@H]4n4cnc5c(N)nc(C)nc54)[C@@H](O)[C@H]3O)c2n1. The monoisotopic (exact) mass is 1050 g/mol. The second kappa shape index (κ2) is 18.6. The molecule has 6 aromatic heterocycles. The molecule has 9 heterocycles. The van der Waals surface area contributed by atoms with Gasteiger partial charge in [0.15, 0.2) is 53.1 Å². The normalized spacial score (nSPS) is 30.2. The highest BCUT2D eigenvalue weighted by atomic mass is 31.2. The van der Waals surface area contributed by atoms with E-state index in [2.05, 4.69) is 49.4 Å². The molecule has 37 heteroatoms. The van der Waals surface area contributed by atoms with Gasteiger partial charge in [-0.15, -0.1) is 0 Å². The van der Waals surface area contributed by atoms with Crippen molar-refractivity contribution >= 4 is 74.4 Å². The Labute approximate surface area is 390 Å². The number of ether oxygens (including phenoxy) is 3. The van der Waals surface area contributed by atoms with E-state index < -0.39 is 117 Å². The molecule has 34 nitrogen and oxygen atoms in total. The summed E-state index contributed by atoms with van der Waals surface area (Å²) in [6, 6.07) is 0. The van der Waals surface area contributed by atoms with E-state index in [1.807, 2.05) is 0 Å². The smallest absolute Gasteiger partial charge is 0.387 e. The van der Waals surface area contributed by atoms with E-state index >= 15 is 0 Å². The minimum Gasteiger partial charge on any atom is -0.387 e. The number of fused-ring (bicyclic) bond motifs is 3.